The molecule has 1 heterocycles. The Labute approximate surface area is 95.6 Å². The molecule has 0 bridgehead atoms. The second-order valence-corrected chi connectivity index (χ2v) is 3.42. The van der Waals surface area contributed by atoms with Gasteiger partial charge < -0.3 is 4.74 Å². The van der Waals surface area contributed by atoms with E-state index < -0.39 is 0 Å². The predicted octanol–water partition coefficient (Wildman–Crippen LogP) is 1.98. The fraction of sp³-hybridized carbons (Fsp3) is 0.125. The SMILES string of the molecule is COc1ccc(Cl)c(-n2nnnc2Cl)c1. The first kappa shape index (κ1) is 10.2. The van der Waals surface area contributed by atoms with Crippen LogP contribution in [0.3, 0.4) is 0 Å². The lowest BCUT2D eigenvalue weighted by molar-refractivity contribution is 0.414. The lowest BCUT2D eigenvalue weighted by Crippen LogP contribution is -1.98. The molecule has 0 amide bonds. The highest BCUT2D eigenvalue weighted by Crippen LogP contribution is 2.26. The Bertz CT molecular complexity index is 485. The molecule has 0 spiro atoms. The van der Waals surface area contributed by atoms with Crippen molar-refractivity contribution in [1.29, 1.82) is 0 Å². The second-order valence-electron chi connectivity index (χ2n) is 2.68. The van der Waals surface area contributed by atoms with E-state index in [9.17, 15) is 0 Å². The molecule has 0 aliphatic rings. The average molecular weight is 245 g/mol. The third-order valence-corrected chi connectivity index (χ3v) is 2.37. The number of nitrogens with zero attached hydrogens (tertiary/aromatic N) is 4. The number of methoxy groups -OCH3 is 1. The molecule has 0 aliphatic carbocycles. The van der Waals surface area contributed by atoms with Crippen molar-refractivity contribution in [3.05, 3.63) is 28.5 Å². The molecule has 0 radical (unpaired) electrons. The summed E-state index contributed by atoms with van der Waals surface area (Å²) in [6.45, 7) is 0. The fourth-order valence-corrected chi connectivity index (χ4v) is 1.46. The Hall–Kier alpha value is -1.33. The molecule has 2 aromatic rings. The minimum absolute atomic E-state index is 0.144. The van der Waals surface area contributed by atoms with Crippen molar-refractivity contribution in [2.45, 2.75) is 0 Å². The van der Waals surface area contributed by atoms with Gasteiger partial charge in [-0.05, 0) is 34.2 Å². The molecule has 2 rings (SSSR count). The first-order valence-electron chi connectivity index (χ1n) is 4.00. The van der Waals surface area contributed by atoms with E-state index >= 15 is 0 Å². The Morgan fingerprint density at radius 2 is 2.13 bits per heavy atom. The van der Waals surface area contributed by atoms with Crippen LogP contribution < -0.4 is 4.74 Å². The maximum absolute atomic E-state index is 5.99. The van der Waals surface area contributed by atoms with Gasteiger partial charge in [-0.15, -0.1) is 0 Å². The van der Waals surface area contributed by atoms with Crippen LogP contribution in [-0.2, 0) is 0 Å². The van der Waals surface area contributed by atoms with Gasteiger partial charge in [-0.25, -0.2) is 0 Å². The van der Waals surface area contributed by atoms with Gasteiger partial charge in [0.1, 0.15) is 5.75 Å². The monoisotopic (exact) mass is 244 g/mol. The van der Waals surface area contributed by atoms with Crippen LogP contribution in [0.25, 0.3) is 5.69 Å². The molecule has 0 saturated carbocycles. The van der Waals surface area contributed by atoms with E-state index in [0.29, 0.717) is 16.5 Å². The predicted molar refractivity (Wildman–Crippen MR) is 55.7 cm³/mol. The van der Waals surface area contributed by atoms with Crippen molar-refractivity contribution in [2.24, 2.45) is 0 Å². The lowest BCUT2D eigenvalue weighted by Gasteiger charge is -2.05. The topological polar surface area (TPSA) is 52.8 Å². The summed E-state index contributed by atoms with van der Waals surface area (Å²) in [7, 11) is 1.56. The first-order chi connectivity index (χ1) is 7.22. The molecular weight excluding hydrogens is 239 g/mol. The molecule has 7 heteroatoms. The summed E-state index contributed by atoms with van der Waals surface area (Å²) in [5, 5.41) is 11.3. The molecule has 78 valence electrons. The molecule has 1 aromatic heterocycles. The van der Waals surface area contributed by atoms with Gasteiger partial charge in [-0.1, -0.05) is 16.7 Å². The zero-order valence-corrected chi connectivity index (χ0v) is 9.20. The van der Waals surface area contributed by atoms with E-state index in [1.807, 2.05) is 0 Å². The lowest BCUT2D eigenvalue weighted by atomic mass is 10.3. The number of aromatic nitrogens is 4. The van der Waals surface area contributed by atoms with Crippen molar-refractivity contribution < 1.29 is 4.74 Å². The largest absolute Gasteiger partial charge is 0.497 e. The Morgan fingerprint density at radius 1 is 1.33 bits per heavy atom. The van der Waals surface area contributed by atoms with E-state index in [0.717, 1.165) is 0 Å². The minimum Gasteiger partial charge on any atom is -0.497 e. The number of rotatable bonds is 2. The van der Waals surface area contributed by atoms with Crippen molar-refractivity contribution in [3.8, 4) is 11.4 Å². The molecule has 0 fully saturated rings. The Morgan fingerprint density at radius 3 is 2.73 bits per heavy atom. The summed E-state index contributed by atoms with van der Waals surface area (Å²) >= 11 is 11.8. The van der Waals surface area contributed by atoms with E-state index in [-0.39, 0.29) is 5.28 Å². The zero-order chi connectivity index (χ0) is 10.8. The van der Waals surface area contributed by atoms with Crippen LogP contribution in [0.4, 0.5) is 0 Å². The van der Waals surface area contributed by atoms with Crippen molar-refractivity contribution in [2.75, 3.05) is 7.11 Å². The summed E-state index contributed by atoms with van der Waals surface area (Å²) < 4.78 is 6.39. The van der Waals surface area contributed by atoms with Crippen molar-refractivity contribution in [1.82, 2.24) is 20.2 Å². The first-order valence-corrected chi connectivity index (χ1v) is 4.76. The summed E-state index contributed by atoms with van der Waals surface area (Å²) in [6, 6.07) is 5.13. The van der Waals surface area contributed by atoms with E-state index in [1.54, 1.807) is 25.3 Å². The average Bonchev–Trinajstić information content (AvgIpc) is 2.65. The molecule has 0 saturated heterocycles. The van der Waals surface area contributed by atoms with Crippen LogP contribution in [0.5, 0.6) is 5.75 Å². The smallest absolute Gasteiger partial charge is 0.248 e. The van der Waals surface area contributed by atoms with Crippen LogP contribution in [-0.4, -0.2) is 27.3 Å². The van der Waals surface area contributed by atoms with E-state index in [2.05, 4.69) is 15.5 Å². The number of ether oxygens (including phenoxy) is 1. The van der Waals surface area contributed by atoms with Crippen LogP contribution in [0.15, 0.2) is 18.2 Å². The summed E-state index contributed by atoms with van der Waals surface area (Å²) in [6.07, 6.45) is 0. The molecular formula is C8H6Cl2N4O. The number of halogens is 2. The normalized spacial score (nSPS) is 10.3. The zero-order valence-electron chi connectivity index (χ0n) is 7.69. The van der Waals surface area contributed by atoms with Gasteiger partial charge in [0.15, 0.2) is 0 Å². The standard InChI is InChI=1S/C8H6Cl2N4O/c1-15-5-2-3-6(9)7(4-5)14-8(10)11-12-13-14/h2-4H,1H3. The maximum atomic E-state index is 5.99. The summed E-state index contributed by atoms with van der Waals surface area (Å²) in [4.78, 5) is 0. The number of benzene rings is 1. The molecule has 0 aliphatic heterocycles. The second kappa shape index (κ2) is 4.04. The molecule has 0 atom stereocenters. The molecule has 5 nitrogen and oxygen atoms in total. The van der Waals surface area contributed by atoms with Crippen LogP contribution in [0.1, 0.15) is 0 Å². The third-order valence-electron chi connectivity index (χ3n) is 1.81. The minimum atomic E-state index is 0.144. The van der Waals surface area contributed by atoms with Gasteiger partial charge in [-0.3, -0.25) is 0 Å². The molecule has 1 aromatic carbocycles. The van der Waals surface area contributed by atoms with Crippen LogP contribution in [0.2, 0.25) is 10.3 Å². The fourth-order valence-electron chi connectivity index (χ4n) is 1.11. The van der Waals surface area contributed by atoms with Gasteiger partial charge in [0, 0.05) is 6.07 Å². The van der Waals surface area contributed by atoms with E-state index in [1.165, 1.54) is 4.68 Å². The van der Waals surface area contributed by atoms with E-state index in [4.69, 9.17) is 27.9 Å². The molecule has 0 N–H and O–H groups in total. The van der Waals surface area contributed by atoms with Gasteiger partial charge >= 0.3 is 0 Å². The highest BCUT2D eigenvalue weighted by Gasteiger charge is 2.10. The highest BCUT2D eigenvalue weighted by atomic mass is 35.5. The Balaban J connectivity index is 2.56. The van der Waals surface area contributed by atoms with Gasteiger partial charge in [0.25, 0.3) is 0 Å². The van der Waals surface area contributed by atoms with Gasteiger partial charge in [0.2, 0.25) is 5.28 Å². The number of hydrogen-bond acceptors (Lipinski definition) is 4. The van der Waals surface area contributed by atoms with Crippen LogP contribution >= 0.6 is 23.2 Å². The van der Waals surface area contributed by atoms with Gasteiger partial charge in [0.05, 0.1) is 17.8 Å². The molecule has 15 heavy (non-hydrogen) atoms. The van der Waals surface area contributed by atoms with Crippen molar-refractivity contribution in [3.63, 3.8) is 0 Å². The Kier molecular flexibility index (Phi) is 2.75. The third kappa shape index (κ3) is 1.88. The summed E-state index contributed by atoms with van der Waals surface area (Å²) in [5.74, 6) is 0.654. The van der Waals surface area contributed by atoms with Crippen LogP contribution in [0, 0.1) is 0 Å². The van der Waals surface area contributed by atoms with Crippen molar-refractivity contribution >= 4 is 23.2 Å². The quantitative estimate of drug-likeness (QED) is 0.811. The number of tetrazole rings is 1. The molecule has 0 unspecified atom stereocenters. The highest BCUT2D eigenvalue weighted by molar-refractivity contribution is 6.33. The maximum Gasteiger partial charge on any atom is 0.248 e. The number of hydrogen-bond donors (Lipinski definition) is 0. The summed E-state index contributed by atoms with van der Waals surface area (Å²) in [5.41, 5.74) is 0.575. The van der Waals surface area contributed by atoms with Gasteiger partial charge in [-0.2, -0.15) is 4.68 Å².